The number of piperidine rings is 1. The highest BCUT2D eigenvalue weighted by atomic mass is 32.2. The Balaban J connectivity index is 1.86. The maximum atomic E-state index is 13.5. The molecule has 0 radical (unpaired) electrons. The molecule has 6 nitrogen and oxygen atoms in total. The predicted molar refractivity (Wildman–Crippen MR) is 84.9 cm³/mol. The molecule has 1 heterocycles. The van der Waals surface area contributed by atoms with E-state index < -0.39 is 20.7 Å². The quantitative estimate of drug-likeness (QED) is 0.797. The fourth-order valence-electron chi connectivity index (χ4n) is 2.61. The van der Waals surface area contributed by atoms with Crippen molar-refractivity contribution in [1.29, 1.82) is 0 Å². The number of halogens is 1. The van der Waals surface area contributed by atoms with Crippen LogP contribution in [0.25, 0.3) is 0 Å². The van der Waals surface area contributed by atoms with Gasteiger partial charge in [0.15, 0.2) is 0 Å². The van der Waals surface area contributed by atoms with Gasteiger partial charge in [0.2, 0.25) is 15.9 Å². The number of benzene rings is 1. The van der Waals surface area contributed by atoms with Crippen LogP contribution in [0, 0.1) is 5.82 Å². The van der Waals surface area contributed by atoms with Gasteiger partial charge >= 0.3 is 0 Å². The Kier molecular flexibility index (Phi) is 6.09. The Bertz CT molecular complexity index is 645. The molecule has 1 aromatic rings. The third-order valence-electron chi connectivity index (χ3n) is 4.01. The van der Waals surface area contributed by atoms with Gasteiger partial charge in [-0.1, -0.05) is 12.1 Å². The Labute approximate surface area is 136 Å². The first-order valence-electron chi connectivity index (χ1n) is 7.62. The van der Waals surface area contributed by atoms with E-state index in [-0.39, 0.29) is 24.9 Å². The molecule has 0 saturated carbocycles. The van der Waals surface area contributed by atoms with Crippen LogP contribution in [0.15, 0.2) is 29.2 Å². The Morgan fingerprint density at radius 2 is 2.00 bits per heavy atom. The van der Waals surface area contributed by atoms with Crippen LogP contribution < -0.4 is 10.0 Å². The topological polar surface area (TPSA) is 78.5 Å². The number of sulfonamides is 1. The molecule has 128 valence electrons. The number of nitrogens with one attached hydrogen (secondary N) is 2. The van der Waals surface area contributed by atoms with Gasteiger partial charge in [-0.25, -0.2) is 17.5 Å². The first kappa shape index (κ1) is 17.8. The average Bonchev–Trinajstić information content (AvgIpc) is 2.55. The summed E-state index contributed by atoms with van der Waals surface area (Å²) in [6.45, 7) is 1.70. The molecule has 8 heteroatoms. The number of carbonyl (C=O) groups excluding carboxylic acids is 1. The van der Waals surface area contributed by atoms with E-state index in [1.54, 1.807) is 11.9 Å². The molecule has 0 aliphatic carbocycles. The number of rotatable bonds is 6. The highest BCUT2D eigenvalue weighted by molar-refractivity contribution is 7.89. The van der Waals surface area contributed by atoms with Crippen LogP contribution in [0.3, 0.4) is 0 Å². The lowest BCUT2D eigenvalue weighted by atomic mass is 10.1. The van der Waals surface area contributed by atoms with E-state index in [1.165, 1.54) is 18.2 Å². The molecule has 1 aromatic carbocycles. The average molecular weight is 343 g/mol. The molecule has 1 saturated heterocycles. The van der Waals surface area contributed by atoms with Gasteiger partial charge in [-0.2, -0.15) is 0 Å². The zero-order valence-corrected chi connectivity index (χ0v) is 13.9. The van der Waals surface area contributed by atoms with Gasteiger partial charge in [-0.05, 0) is 38.1 Å². The van der Waals surface area contributed by atoms with E-state index in [9.17, 15) is 17.6 Å². The third-order valence-corrected chi connectivity index (χ3v) is 5.50. The highest BCUT2D eigenvalue weighted by Crippen LogP contribution is 2.14. The van der Waals surface area contributed by atoms with Gasteiger partial charge in [0, 0.05) is 26.1 Å². The summed E-state index contributed by atoms with van der Waals surface area (Å²) in [5.74, 6) is -0.925. The van der Waals surface area contributed by atoms with Crippen molar-refractivity contribution in [2.45, 2.75) is 30.2 Å². The maximum Gasteiger partial charge on any atom is 0.243 e. The number of nitrogens with zero attached hydrogens (tertiary/aromatic N) is 1. The largest absolute Gasteiger partial charge is 0.343 e. The molecule has 0 aromatic heterocycles. The van der Waals surface area contributed by atoms with Crippen LogP contribution >= 0.6 is 0 Å². The minimum Gasteiger partial charge on any atom is -0.343 e. The van der Waals surface area contributed by atoms with Crippen LogP contribution in [-0.2, 0) is 14.8 Å². The summed E-state index contributed by atoms with van der Waals surface area (Å²) in [5, 5.41) is 3.23. The monoisotopic (exact) mass is 343 g/mol. The summed E-state index contributed by atoms with van der Waals surface area (Å²) in [5.41, 5.74) is 0. The zero-order chi connectivity index (χ0) is 16.9. The first-order chi connectivity index (χ1) is 10.9. The second-order valence-electron chi connectivity index (χ2n) is 5.56. The van der Waals surface area contributed by atoms with Crippen molar-refractivity contribution in [3.05, 3.63) is 30.1 Å². The van der Waals surface area contributed by atoms with E-state index in [0.717, 1.165) is 32.0 Å². The van der Waals surface area contributed by atoms with Gasteiger partial charge < -0.3 is 10.2 Å². The van der Waals surface area contributed by atoms with E-state index in [0.29, 0.717) is 0 Å². The summed E-state index contributed by atoms with van der Waals surface area (Å²) >= 11 is 0. The minimum absolute atomic E-state index is 0.0497. The van der Waals surface area contributed by atoms with Crippen molar-refractivity contribution in [2.24, 2.45) is 0 Å². The second kappa shape index (κ2) is 7.85. The standard InChI is InChI=1S/C15H22FN3O3S/c1-19(12-6-9-17-10-7-12)15(20)8-11-18-23(21,22)14-5-3-2-4-13(14)16/h2-5,12,17-18H,6-11H2,1H3. The van der Waals surface area contributed by atoms with E-state index >= 15 is 0 Å². The van der Waals surface area contributed by atoms with E-state index in [4.69, 9.17) is 0 Å². The molecular formula is C15H22FN3O3S. The highest BCUT2D eigenvalue weighted by Gasteiger charge is 2.23. The molecule has 2 rings (SSSR count). The third kappa shape index (κ3) is 4.73. The van der Waals surface area contributed by atoms with Crippen LogP contribution in [0.4, 0.5) is 4.39 Å². The molecule has 0 spiro atoms. The number of hydrogen-bond donors (Lipinski definition) is 2. The van der Waals surface area contributed by atoms with E-state index in [1.807, 2.05) is 0 Å². The van der Waals surface area contributed by atoms with E-state index in [2.05, 4.69) is 10.0 Å². The number of carbonyl (C=O) groups is 1. The fraction of sp³-hybridized carbons (Fsp3) is 0.533. The van der Waals surface area contributed by atoms with Crippen molar-refractivity contribution >= 4 is 15.9 Å². The van der Waals surface area contributed by atoms with Crippen LogP contribution in [-0.4, -0.2) is 51.9 Å². The molecule has 23 heavy (non-hydrogen) atoms. The summed E-state index contributed by atoms with van der Waals surface area (Å²) in [7, 11) is -2.20. The van der Waals surface area contributed by atoms with Crippen molar-refractivity contribution in [1.82, 2.24) is 14.9 Å². The molecule has 1 aliphatic heterocycles. The molecule has 2 N–H and O–H groups in total. The first-order valence-corrected chi connectivity index (χ1v) is 9.10. The summed E-state index contributed by atoms with van der Waals surface area (Å²) in [6.07, 6.45) is 1.83. The fourth-order valence-corrected chi connectivity index (χ4v) is 3.72. The van der Waals surface area contributed by atoms with Crippen molar-refractivity contribution in [3.63, 3.8) is 0 Å². The Morgan fingerprint density at radius 3 is 2.65 bits per heavy atom. The maximum absolute atomic E-state index is 13.5. The zero-order valence-electron chi connectivity index (χ0n) is 13.1. The number of amides is 1. The van der Waals surface area contributed by atoms with Gasteiger partial charge in [-0.3, -0.25) is 4.79 Å². The van der Waals surface area contributed by atoms with Crippen LogP contribution in [0.2, 0.25) is 0 Å². The van der Waals surface area contributed by atoms with Gasteiger partial charge in [-0.15, -0.1) is 0 Å². The molecule has 0 atom stereocenters. The van der Waals surface area contributed by atoms with Crippen molar-refractivity contribution < 1.29 is 17.6 Å². The molecule has 1 aliphatic rings. The van der Waals surface area contributed by atoms with Crippen molar-refractivity contribution in [2.75, 3.05) is 26.7 Å². The van der Waals surface area contributed by atoms with Crippen molar-refractivity contribution in [3.8, 4) is 0 Å². The summed E-state index contributed by atoms with van der Waals surface area (Å²) < 4.78 is 39.9. The molecule has 0 bridgehead atoms. The predicted octanol–water partition coefficient (Wildman–Crippen LogP) is 0.704. The Hall–Kier alpha value is -1.51. The van der Waals surface area contributed by atoms with Crippen LogP contribution in [0.5, 0.6) is 0 Å². The van der Waals surface area contributed by atoms with Gasteiger partial charge in [0.25, 0.3) is 0 Å². The molecule has 1 amide bonds. The summed E-state index contributed by atoms with van der Waals surface area (Å²) in [4.78, 5) is 13.4. The molecule has 1 fully saturated rings. The smallest absolute Gasteiger partial charge is 0.243 e. The Morgan fingerprint density at radius 1 is 1.35 bits per heavy atom. The molecule has 0 unspecified atom stereocenters. The van der Waals surface area contributed by atoms with Gasteiger partial charge in [0.1, 0.15) is 10.7 Å². The molecular weight excluding hydrogens is 321 g/mol. The van der Waals surface area contributed by atoms with Gasteiger partial charge in [0.05, 0.1) is 0 Å². The summed E-state index contributed by atoms with van der Waals surface area (Å²) in [6, 6.07) is 5.34. The SMILES string of the molecule is CN(C(=O)CCNS(=O)(=O)c1ccccc1F)C1CCNCC1. The lowest BCUT2D eigenvalue weighted by Crippen LogP contribution is -2.44. The second-order valence-corrected chi connectivity index (χ2v) is 7.30. The van der Waals surface area contributed by atoms with Crippen LogP contribution in [0.1, 0.15) is 19.3 Å². The normalized spacial score (nSPS) is 16.3. The lowest BCUT2D eigenvalue weighted by molar-refractivity contribution is -0.132. The number of hydrogen-bond acceptors (Lipinski definition) is 4. The lowest BCUT2D eigenvalue weighted by Gasteiger charge is -2.31. The minimum atomic E-state index is -3.94.